The molecule has 1 unspecified atom stereocenters. The van der Waals surface area contributed by atoms with Gasteiger partial charge >= 0.3 is 0 Å². The summed E-state index contributed by atoms with van der Waals surface area (Å²) in [7, 11) is -1.70. The molecule has 0 aromatic rings. The zero-order valence-corrected chi connectivity index (χ0v) is 24.5. The summed E-state index contributed by atoms with van der Waals surface area (Å²) >= 11 is 0. The van der Waals surface area contributed by atoms with E-state index in [1.807, 2.05) is 0 Å². The summed E-state index contributed by atoms with van der Waals surface area (Å²) in [6, 6.07) is 0. The largest absolute Gasteiger partial charge is 0.550 e. The third-order valence-electron chi connectivity index (χ3n) is 7.30. The Morgan fingerprint density at radius 2 is 1.81 bits per heavy atom. The fourth-order valence-electron chi connectivity index (χ4n) is 4.33. The molecular formula is C26H50O4Si2. The van der Waals surface area contributed by atoms with Crippen LogP contribution in [0.2, 0.25) is 37.8 Å². The molecule has 0 aromatic heterocycles. The average molecular weight is 483 g/mol. The fourth-order valence-corrected chi connectivity index (χ4v) is 6.14. The van der Waals surface area contributed by atoms with Crippen LogP contribution in [0.4, 0.5) is 0 Å². The third-order valence-corrected chi connectivity index (χ3v) is 12.6. The maximum Gasteiger partial charge on any atom is 0.241 e. The summed E-state index contributed by atoms with van der Waals surface area (Å²) in [5.74, 6) is 0.796. The number of hydrogen-bond donors (Lipinski definition) is 0. The molecule has 0 bridgehead atoms. The minimum absolute atomic E-state index is 0.0795. The lowest BCUT2D eigenvalue weighted by Crippen LogP contribution is -2.43. The van der Waals surface area contributed by atoms with Crippen LogP contribution in [0, 0.1) is 11.8 Å². The second-order valence-electron chi connectivity index (χ2n) is 12.2. The molecule has 5 atom stereocenters. The summed E-state index contributed by atoms with van der Waals surface area (Å²) in [4.78, 5) is 0. The highest BCUT2D eigenvalue weighted by Gasteiger charge is 2.46. The van der Waals surface area contributed by atoms with Gasteiger partial charge in [0.15, 0.2) is 14.6 Å². The van der Waals surface area contributed by atoms with Crippen molar-refractivity contribution >= 4 is 16.6 Å². The predicted octanol–water partition coefficient (Wildman–Crippen LogP) is 7.65. The van der Waals surface area contributed by atoms with Crippen molar-refractivity contribution in [1.29, 1.82) is 0 Å². The number of hydrogen-bond acceptors (Lipinski definition) is 4. The molecule has 1 aliphatic carbocycles. The van der Waals surface area contributed by atoms with Crippen molar-refractivity contribution in [2.75, 3.05) is 7.11 Å². The first-order valence-electron chi connectivity index (χ1n) is 12.7. The van der Waals surface area contributed by atoms with Gasteiger partial charge in [0.1, 0.15) is 0 Å². The van der Waals surface area contributed by atoms with Crippen molar-refractivity contribution < 1.29 is 18.3 Å². The van der Waals surface area contributed by atoms with E-state index in [0.717, 1.165) is 19.3 Å². The Labute approximate surface area is 200 Å². The van der Waals surface area contributed by atoms with Gasteiger partial charge in [-0.3, -0.25) is 0 Å². The molecule has 0 N–H and O–H groups in total. The van der Waals surface area contributed by atoms with Gasteiger partial charge < -0.3 is 18.3 Å². The molecule has 4 nitrogen and oxygen atoms in total. The molecule has 0 radical (unpaired) electrons. The minimum Gasteiger partial charge on any atom is -0.550 e. The lowest BCUT2D eigenvalue weighted by atomic mass is 9.90. The Morgan fingerprint density at radius 1 is 1.12 bits per heavy atom. The Morgan fingerprint density at radius 3 is 2.38 bits per heavy atom. The molecule has 1 aliphatic heterocycles. The molecule has 0 aromatic carbocycles. The van der Waals surface area contributed by atoms with Gasteiger partial charge in [-0.25, -0.2) is 0 Å². The summed E-state index contributed by atoms with van der Waals surface area (Å²) < 4.78 is 24.8. The van der Waals surface area contributed by atoms with Gasteiger partial charge in [0, 0.05) is 25.4 Å². The van der Waals surface area contributed by atoms with Crippen LogP contribution in [-0.4, -0.2) is 42.2 Å². The lowest BCUT2D eigenvalue weighted by molar-refractivity contribution is -0.113. The van der Waals surface area contributed by atoms with Crippen molar-refractivity contribution in [3.63, 3.8) is 0 Å². The molecule has 1 saturated heterocycles. The van der Waals surface area contributed by atoms with Gasteiger partial charge in [-0.15, -0.1) is 0 Å². The van der Waals surface area contributed by atoms with Crippen LogP contribution in [0.25, 0.3) is 0 Å². The van der Waals surface area contributed by atoms with Gasteiger partial charge in [0.25, 0.3) is 0 Å². The standard InChI is InChI=1S/C26H50O4Si2/c1-11-12-13-14-21(30-32(9,10)26(2,3)4)15-16-22-20(19-28-31(6,7)8)17-24-23(22)18-25(27-5)29-24/h15-16,19,21-25H,11-14,17-18H2,1-10H3/b16-15+,20-19-/t21-,22+,23+,24+,25?/m0/s1. The van der Waals surface area contributed by atoms with Gasteiger partial charge in [-0.2, -0.15) is 0 Å². The monoisotopic (exact) mass is 482 g/mol. The number of ether oxygens (including phenoxy) is 2. The molecule has 186 valence electrons. The first-order valence-corrected chi connectivity index (χ1v) is 19.0. The second-order valence-corrected chi connectivity index (χ2v) is 21.4. The zero-order chi connectivity index (χ0) is 24.2. The van der Waals surface area contributed by atoms with E-state index in [1.165, 1.54) is 24.8 Å². The van der Waals surface area contributed by atoms with E-state index in [4.69, 9.17) is 18.3 Å². The fraction of sp³-hybridized carbons (Fsp3) is 0.846. The highest BCUT2D eigenvalue weighted by Crippen LogP contribution is 2.47. The molecule has 32 heavy (non-hydrogen) atoms. The molecule has 0 amide bonds. The molecule has 2 rings (SSSR count). The molecule has 0 spiro atoms. The number of methoxy groups -OCH3 is 1. The number of allylic oxidation sites excluding steroid dienone is 1. The normalized spacial score (nSPS) is 29.1. The summed E-state index contributed by atoms with van der Waals surface area (Å²) in [6.07, 6.45) is 13.9. The smallest absolute Gasteiger partial charge is 0.241 e. The first-order chi connectivity index (χ1) is 14.8. The van der Waals surface area contributed by atoms with Crippen LogP contribution in [0.5, 0.6) is 0 Å². The number of rotatable bonds is 11. The van der Waals surface area contributed by atoms with Crippen molar-refractivity contribution in [3.05, 3.63) is 24.0 Å². The van der Waals surface area contributed by atoms with Crippen LogP contribution in [0.1, 0.15) is 66.2 Å². The summed E-state index contributed by atoms with van der Waals surface area (Å²) in [5.41, 5.74) is 1.37. The van der Waals surface area contributed by atoms with Crippen LogP contribution < -0.4 is 0 Å². The second kappa shape index (κ2) is 11.3. The molecule has 2 aliphatic rings. The van der Waals surface area contributed by atoms with Gasteiger partial charge in [0.2, 0.25) is 8.32 Å². The topological polar surface area (TPSA) is 36.9 Å². The minimum atomic E-state index is -1.83. The van der Waals surface area contributed by atoms with Crippen LogP contribution in [-0.2, 0) is 18.3 Å². The van der Waals surface area contributed by atoms with Crippen LogP contribution in [0.3, 0.4) is 0 Å². The Kier molecular flexibility index (Phi) is 9.87. The van der Waals surface area contributed by atoms with Gasteiger partial charge in [0.05, 0.1) is 18.5 Å². The Hall–Kier alpha value is -0.406. The van der Waals surface area contributed by atoms with Gasteiger partial charge in [-0.05, 0) is 56.2 Å². The first kappa shape index (κ1) is 27.8. The van der Waals surface area contributed by atoms with Crippen molar-refractivity contribution in [1.82, 2.24) is 0 Å². The van der Waals surface area contributed by atoms with Crippen molar-refractivity contribution in [2.24, 2.45) is 11.8 Å². The Bertz CT molecular complexity index is 645. The summed E-state index contributed by atoms with van der Waals surface area (Å²) in [6.45, 7) is 20.7. The van der Waals surface area contributed by atoms with E-state index in [-0.39, 0.29) is 23.5 Å². The SMILES string of the molecule is CCCCC[C@@H](/C=C/[C@@H]1/C(=C\O[Si](C)(C)C)C[C@H]2OC(OC)C[C@H]12)O[Si](C)(C)C(C)(C)C. The zero-order valence-electron chi connectivity index (χ0n) is 22.5. The van der Waals surface area contributed by atoms with E-state index in [9.17, 15) is 0 Å². The molecule has 1 heterocycles. The molecular weight excluding hydrogens is 432 g/mol. The maximum atomic E-state index is 6.86. The number of fused-ring (bicyclic) bond motifs is 1. The Balaban J connectivity index is 2.23. The van der Waals surface area contributed by atoms with E-state index in [2.05, 4.69) is 78.8 Å². The highest BCUT2D eigenvalue weighted by atomic mass is 28.4. The van der Waals surface area contributed by atoms with E-state index in [1.54, 1.807) is 7.11 Å². The van der Waals surface area contributed by atoms with Crippen molar-refractivity contribution in [3.8, 4) is 0 Å². The quantitative estimate of drug-likeness (QED) is 0.131. The molecule has 2 fully saturated rings. The average Bonchev–Trinajstić information content (AvgIpc) is 3.20. The molecule has 1 saturated carbocycles. The van der Waals surface area contributed by atoms with Crippen LogP contribution >= 0.6 is 0 Å². The maximum absolute atomic E-state index is 6.86. The van der Waals surface area contributed by atoms with Gasteiger partial charge in [-0.1, -0.05) is 59.1 Å². The predicted molar refractivity (Wildman–Crippen MR) is 140 cm³/mol. The third kappa shape index (κ3) is 7.83. The van der Waals surface area contributed by atoms with E-state index in [0.29, 0.717) is 11.8 Å². The lowest BCUT2D eigenvalue weighted by Gasteiger charge is -2.38. The number of unbranched alkanes of at least 4 members (excludes halogenated alkanes) is 2. The summed E-state index contributed by atoms with van der Waals surface area (Å²) in [5, 5.41) is 0.212. The van der Waals surface area contributed by atoms with E-state index < -0.39 is 16.6 Å². The van der Waals surface area contributed by atoms with Crippen molar-refractivity contribution in [2.45, 2.75) is 122 Å². The van der Waals surface area contributed by atoms with E-state index >= 15 is 0 Å². The van der Waals surface area contributed by atoms with Crippen LogP contribution in [0.15, 0.2) is 24.0 Å². The highest BCUT2D eigenvalue weighted by molar-refractivity contribution is 6.74. The molecule has 6 heteroatoms.